The van der Waals surface area contributed by atoms with Gasteiger partial charge in [-0.15, -0.1) is 0 Å². The van der Waals surface area contributed by atoms with Gasteiger partial charge in [-0.25, -0.2) is 18.7 Å². The predicted molar refractivity (Wildman–Crippen MR) is 164 cm³/mol. The Morgan fingerprint density at radius 3 is 2.61 bits per heavy atom. The smallest absolute Gasteiger partial charge is 0.295 e. The van der Waals surface area contributed by atoms with Crippen molar-refractivity contribution in [2.75, 3.05) is 42.3 Å². The van der Waals surface area contributed by atoms with E-state index in [0.717, 1.165) is 29.8 Å². The van der Waals surface area contributed by atoms with Gasteiger partial charge in [0.05, 0.1) is 29.1 Å². The van der Waals surface area contributed by atoms with Gasteiger partial charge < -0.3 is 19.9 Å². The van der Waals surface area contributed by atoms with Gasteiger partial charge >= 0.3 is 0 Å². The number of hydrogen-bond acceptors (Lipinski definition) is 8. The molecular weight excluding hydrogens is 644 g/mol. The summed E-state index contributed by atoms with van der Waals surface area (Å²) in [4.78, 5) is 21.2. The van der Waals surface area contributed by atoms with E-state index in [1.54, 1.807) is 17.2 Å². The number of anilines is 4. The number of rotatable bonds is 11. The molecule has 0 aliphatic heterocycles. The second kappa shape index (κ2) is 12.1. The molecule has 14 heteroatoms. The third kappa shape index (κ3) is 6.20. The molecule has 0 saturated heterocycles. The Morgan fingerprint density at radius 2 is 2.03 bits per heavy atom. The first-order chi connectivity index (χ1) is 18.2. The van der Waals surface area contributed by atoms with Crippen LogP contribution in [0.5, 0.6) is 0 Å². The van der Waals surface area contributed by atoms with Crippen LogP contribution in [-0.2, 0) is 4.79 Å². The molecular formula is C24H28F2IN8OPS. The van der Waals surface area contributed by atoms with Crippen LogP contribution in [0.4, 0.5) is 31.7 Å². The first-order valence-corrected chi connectivity index (χ1v) is 16.9. The SMILES string of the molecule is C=C/C(=N\N(C)C)c1ccc(Nc2cc(NC(=O)C3CC3)nc3c2nc(C(F)F)n3PI)c(N(C)SC)c1. The maximum atomic E-state index is 13.9. The summed E-state index contributed by atoms with van der Waals surface area (Å²) in [6.07, 6.45) is 2.50. The first-order valence-electron chi connectivity index (χ1n) is 11.6. The van der Waals surface area contributed by atoms with Crippen LogP contribution in [-0.4, -0.2) is 58.3 Å². The fraction of sp³-hybridized carbons (Fsp3) is 0.333. The summed E-state index contributed by atoms with van der Waals surface area (Å²) in [5.74, 6) is -0.225. The zero-order valence-corrected chi connectivity index (χ0v) is 25.3. The Labute approximate surface area is 239 Å². The number of amides is 1. The van der Waals surface area contributed by atoms with Crippen LogP contribution in [0.15, 0.2) is 42.0 Å². The maximum absolute atomic E-state index is 13.9. The zero-order valence-electron chi connectivity index (χ0n) is 21.3. The number of carbonyl (C=O) groups is 1. The summed E-state index contributed by atoms with van der Waals surface area (Å²) in [5.41, 5.74) is 4.17. The number of carbonyl (C=O) groups excluding carboxylic acids is 1. The number of nitrogens with zero attached hydrogens (tertiary/aromatic N) is 6. The number of fused-ring (bicyclic) bond motifs is 1. The van der Waals surface area contributed by atoms with Gasteiger partial charge in [0.25, 0.3) is 6.43 Å². The molecule has 2 aromatic heterocycles. The summed E-state index contributed by atoms with van der Waals surface area (Å²) in [6.45, 7) is 3.89. The van der Waals surface area contributed by atoms with Gasteiger partial charge in [0.2, 0.25) is 5.91 Å². The van der Waals surface area contributed by atoms with Crippen molar-refractivity contribution >= 4 is 86.0 Å². The van der Waals surface area contributed by atoms with E-state index in [2.05, 4.69) is 32.3 Å². The molecule has 1 aliphatic carbocycles. The Hall–Kier alpha value is -2.51. The van der Waals surface area contributed by atoms with Crippen molar-refractivity contribution in [2.45, 2.75) is 19.3 Å². The molecule has 1 saturated carbocycles. The van der Waals surface area contributed by atoms with Crippen LogP contribution in [0.2, 0.25) is 0 Å². The van der Waals surface area contributed by atoms with E-state index in [4.69, 9.17) is 0 Å². The number of alkyl halides is 2. The van der Waals surface area contributed by atoms with Crippen molar-refractivity contribution in [3.8, 4) is 0 Å². The summed E-state index contributed by atoms with van der Waals surface area (Å²) >= 11 is 3.54. The molecule has 0 radical (unpaired) electrons. The minimum Gasteiger partial charge on any atom is -0.352 e. The van der Waals surface area contributed by atoms with Gasteiger partial charge in [0.15, 0.2) is 11.5 Å². The highest BCUT2D eigenvalue weighted by atomic mass is 127. The van der Waals surface area contributed by atoms with Crippen molar-refractivity contribution < 1.29 is 13.6 Å². The first kappa shape index (κ1) is 28.5. The average molecular weight is 672 g/mol. The topological polar surface area (TPSA) is 90.7 Å². The second-order valence-corrected chi connectivity index (χ2v) is 11.7. The number of pyridine rings is 1. The van der Waals surface area contributed by atoms with Crippen molar-refractivity contribution in [3.63, 3.8) is 0 Å². The summed E-state index contributed by atoms with van der Waals surface area (Å²) < 4.78 is 31.1. The number of aromatic nitrogens is 3. The third-order valence-electron chi connectivity index (χ3n) is 5.80. The van der Waals surface area contributed by atoms with E-state index in [1.807, 2.05) is 71.9 Å². The summed E-state index contributed by atoms with van der Waals surface area (Å²) in [7, 11) is 5.60. The van der Waals surface area contributed by atoms with Crippen molar-refractivity contribution in [1.82, 2.24) is 19.3 Å². The highest BCUT2D eigenvalue weighted by Crippen LogP contribution is 2.40. The van der Waals surface area contributed by atoms with E-state index in [1.165, 1.54) is 16.3 Å². The lowest BCUT2D eigenvalue weighted by Gasteiger charge is -2.22. The number of nitrogens with one attached hydrogen (secondary N) is 2. The minimum atomic E-state index is -2.77. The summed E-state index contributed by atoms with van der Waals surface area (Å²) in [6, 6.07) is 7.43. The minimum absolute atomic E-state index is 0.0332. The van der Waals surface area contributed by atoms with E-state index < -0.39 is 6.43 Å². The highest BCUT2D eigenvalue weighted by molar-refractivity contribution is 14.2. The zero-order chi connectivity index (χ0) is 27.6. The highest BCUT2D eigenvalue weighted by Gasteiger charge is 2.30. The molecule has 1 unspecified atom stereocenters. The molecule has 38 heavy (non-hydrogen) atoms. The van der Waals surface area contributed by atoms with E-state index in [9.17, 15) is 13.6 Å². The normalized spacial score (nSPS) is 13.9. The molecule has 1 amide bonds. The Bertz CT molecular complexity index is 1400. The second-order valence-electron chi connectivity index (χ2n) is 8.75. The van der Waals surface area contributed by atoms with Crippen LogP contribution in [0.25, 0.3) is 11.2 Å². The maximum Gasteiger partial charge on any atom is 0.295 e. The fourth-order valence-corrected chi connectivity index (χ4v) is 6.00. The largest absolute Gasteiger partial charge is 0.352 e. The Balaban J connectivity index is 1.84. The number of hydrazone groups is 1. The van der Waals surface area contributed by atoms with E-state index in [-0.39, 0.29) is 35.5 Å². The van der Waals surface area contributed by atoms with Crippen molar-refractivity contribution in [3.05, 3.63) is 48.3 Å². The molecule has 0 spiro atoms. The molecule has 1 atom stereocenters. The Morgan fingerprint density at radius 1 is 1.29 bits per heavy atom. The fourth-order valence-electron chi connectivity index (χ4n) is 3.76. The van der Waals surface area contributed by atoms with Crippen LogP contribution in [0.1, 0.15) is 30.7 Å². The number of benzene rings is 1. The molecule has 4 rings (SSSR count). The molecule has 1 aliphatic rings. The standard InChI is InChI=1S/C24H28F2IN8OPS/c1-6-15(32-33(2)3)14-9-10-16(18(11-14)34(4)38-5)28-17-12-19(30-24(36)13-7-8-13)29-22-20(17)31-23(21(25)26)35(22)37-27/h6,9-13,21,37H,1,7-8H2,2-5H3,(H2,28,29,30,36)/b32-15+. The number of imidazole rings is 1. The third-order valence-corrected chi connectivity index (χ3v) is 8.60. The van der Waals surface area contributed by atoms with Crippen LogP contribution >= 0.6 is 40.4 Å². The number of hydrogen-bond donors (Lipinski definition) is 2. The van der Waals surface area contributed by atoms with Gasteiger partial charge in [-0.1, -0.05) is 24.6 Å². The number of halogens is 3. The average Bonchev–Trinajstić information content (AvgIpc) is 3.67. The van der Waals surface area contributed by atoms with Crippen LogP contribution in [0.3, 0.4) is 0 Å². The van der Waals surface area contributed by atoms with Gasteiger partial charge in [-0.2, -0.15) is 5.10 Å². The molecule has 2 N–H and O–H groups in total. The van der Waals surface area contributed by atoms with Crippen molar-refractivity contribution in [2.24, 2.45) is 11.0 Å². The van der Waals surface area contributed by atoms with Gasteiger partial charge in [-0.05, 0) is 53.1 Å². The lowest BCUT2D eigenvalue weighted by molar-refractivity contribution is -0.117. The molecule has 0 bridgehead atoms. The van der Waals surface area contributed by atoms with Gasteiger partial charge in [0.1, 0.15) is 11.3 Å². The Kier molecular flexibility index (Phi) is 9.09. The predicted octanol–water partition coefficient (Wildman–Crippen LogP) is 6.42. The molecule has 2 heterocycles. The quantitative estimate of drug-likeness (QED) is 0.0800. The van der Waals surface area contributed by atoms with Crippen LogP contribution in [0, 0.1) is 5.92 Å². The van der Waals surface area contributed by atoms with Gasteiger partial charge in [0, 0.05) is 44.9 Å². The van der Waals surface area contributed by atoms with Gasteiger partial charge in [-0.3, -0.25) is 9.13 Å². The molecule has 202 valence electrons. The molecule has 3 aromatic rings. The lowest BCUT2D eigenvalue weighted by Crippen LogP contribution is -2.15. The molecule has 1 fully saturated rings. The summed E-state index contributed by atoms with van der Waals surface area (Å²) in [5, 5.41) is 12.4. The van der Waals surface area contributed by atoms with E-state index in [0.29, 0.717) is 16.9 Å². The molecule has 9 nitrogen and oxygen atoms in total. The van der Waals surface area contributed by atoms with Crippen molar-refractivity contribution in [1.29, 1.82) is 0 Å². The lowest BCUT2D eigenvalue weighted by atomic mass is 10.1. The number of allylic oxidation sites excluding steroid dienone is 1. The van der Waals surface area contributed by atoms with E-state index >= 15 is 0 Å². The molecule has 1 aromatic carbocycles. The monoisotopic (exact) mass is 672 g/mol. The van der Waals surface area contributed by atoms with Crippen LogP contribution < -0.4 is 14.9 Å².